The summed E-state index contributed by atoms with van der Waals surface area (Å²) >= 11 is 0. The van der Waals surface area contributed by atoms with Crippen LogP contribution in [-0.2, 0) is 10.0 Å². The van der Waals surface area contributed by atoms with E-state index in [1.807, 2.05) is 13.8 Å². The van der Waals surface area contributed by atoms with Crippen molar-refractivity contribution in [2.24, 2.45) is 5.41 Å². The SMILES string of the molecule is Cc1cc(S(=O)(=O)N2CCC(C)(C)C2)cc(N)c1C. The second kappa shape index (κ2) is 4.49. The van der Waals surface area contributed by atoms with Crippen LogP contribution in [0.1, 0.15) is 31.4 Å². The van der Waals surface area contributed by atoms with Gasteiger partial charge in [-0.05, 0) is 48.9 Å². The summed E-state index contributed by atoms with van der Waals surface area (Å²) in [6.07, 6.45) is 0.895. The number of nitrogens with zero attached hydrogens (tertiary/aromatic N) is 1. The molecule has 1 heterocycles. The minimum atomic E-state index is -3.42. The molecule has 0 radical (unpaired) electrons. The highest BCUT2D eigenvalue weighted by Gasteiger charge is 2.37. The number of anilines is 1. The van der Waals surface area contributed by atoms with Crippen molar-refractivity contribution in [3.8, 4) is 0 Å². The van der Waals surface area contributed by atoms with Gasteiger partial charge in [0.1, 0.15) is 0 Å². The average Bonchev–Trinajstić information content (AvgIpc) is 2.66. The molecule has 0 bridgehead atoms. The molecule has 0 aliphatic carbocycles. The second-order valence-corrected chi connectivity index (χ2v) is 8.15. The van der Waals surface area contributed by atoms with E-state index in [1.54, 1.807) is 16.4 Å². The highest BCUT2D eigenvalue weighted by Crippen LogP contribution is 2.33. The predicted octanol–water partition coefficient (Wildman–Crippen LogP) is 2.31. The van der Waals surface area contributed by atoms with E-state index in [4.69, 9.17) is 5.73 Å². The summed E-state index contributed by atoms with van der Waals surface area (Å²) in [7, 11) is -3.42. The molecule has 1 aromatic carbocycles. The smallest absolute Gasteiger partial charge is 0.243 e. The third kappa shape index (κ3) is 2.62. The number of benzene rings is 1. The molecule has 2 N–H and O–H groups in total. The molecule has 106 valence electrons. The van der Waals surface area contributed by atoms with Crippen LogP contribution in [0.3, 0.4) is 0 Å². The lowest BCUT2D eigenvalue weighted by atomic mass is 9.93. The molecule has 5 heteroatoms. The topological polar surface area (TPSA) is 63.4 Å². The van der Waals surface area contributed by atoms with Gasteiger partial charge in [-0.15, -0.1) is 0 Å². The van der Waals surface area contributed by atoms with Crippen molar-refractivity contribution in [3.05, 3.63) is 23.3 Å². The molecular formula is C14H22N2O2S. The van der Waals surface area contributed by atoms with Crippen molar-refractivity contribution in [2.45, 2.75) is 39.0 Å². The van der Waals surface area contributed by atoms with Crippen molar-refractivity contribution in [3.63, 3.8) is 0 Å². The number of rotatable bonds is 2. The fraction of sp³-hybridized carbons (Fsp3) is 0.571. The van der Waals surface area contributed by atoms with Gasteiger partial charge < -0.3 is 5.73 Å². The first-order valence-electron chi connectivity index (χ1n) is 6.50. The molecule has 1 aromatic rings. The van der Waals surface area contributed by atoms with Gasteiger partial charge in [0.25, 0.3) is 0 Å². The van der Waals surface area contributed by atoms with E-state index >= 15 is 0 Å². The van der Waals surface area contributed by atoms with Gasteiger partial charge in [-0.25, -0.2) is 8.42 Å². The van der Waals surface area contributed by atoms with Crippen LogP contribution >= 0.6 is 0 Å². The fourth-order valence-corrected chi connectivity index (χ4v) is 4.17. The summed E-state index contributed by atoms with van der Waals surface area (Å²) in [6.45, 7) is 9.14. The van der Waals surface area contributed by atoms with Gasteiger partial charge in [-0.1, -0.05) is 13.8 Å². The van der Waals surface area contributed by atoms with Crippen LogP contribution in [-0.4, -0.2) is 25.8 Å². The van der Waals surface area contributed by atoms with Crippen molar-refractivity contribution >= 4 is 15.7 Å². The molecule has 0 spiro atoms. The number of aryl methyl sites for hydroxylation is 1. The first-order valence-corrected chi connectivity index (χ1v) is 7.94. The van der Waals surface area contributed by atoms with E-state index in [-0.39, 0.29) is 5.41 Å². The first kappa shape index (κ1) is 14.3. The van der Waals surface area contributed by atoms with E-state index < -0.39 is 10.0 Å². The van der Waals surface area contributed by atoms with E-state index in [2.05, 4.69) is 13.8 Å². The van der Waals surface area contributed by atoms with Crippen molar-refractivity contribution < 1.29 is 8.42 Å². The van der Waals surface area contributed by atoms with Crippen LogP contribution in [0.25, 0.3) is 0 Å². The maximum atomic E-state index is 12.6. The third-order valence-electron chi connectivity index (χ3n) is 3.96. The maximum Gasteiger partial charge on any atom is 0.243 e. The lowest BCUT2D eigenvalue weighted by Gasteiger charge is -2.20. The molecule has 19 heavy (non-hydrogen) atoms. The maximum absolute atomic E-state index is 12.6. The van der Waals surface area contributed by atoms with E-state index in [9.17, 15) is 8.42 Å². The van der Waals surface area contributed by atoms with Crippen LogP contribution in [0.2, 0.25) is 0 Å². The zero-order valence-corrected chi connectivity index (χ0v) is 12.8. The Kier molecular flexibility index (Phi) is 3.39. The van der Waals surface area contributed by atoms with Crippen LogP contribution in [0.4, 0.5) is 5.69 Å². The van der Waals surface area contributed by atoms with E-state index in [1.165, 1.54) is 0 Å². The van der Waals surface area contributed by atoms with Crippen LogP contribution in [0.5, 0.6) is 0 Å². The van der Waals surface area contributed by atoms with Gasteiger partial charge >= 0.3 is 0 Å². The third-order valence-corrected chi connectivity index (χ3v) is 5.78. The number of hydrogen-bond donors (Lipinski definition) is 1. The van der Waals surface area contributed by atoms with Crippen LogP contribution in [0, 0.1) is 19.3 Å². The minimum absolute atomic E-state index is 0.0539. The molecular weight excluding hydrogens is 260 g/mol. The van der Waals surface area contributed by atoms with Gasteiger partial charge in [0.05, 0.1) is 4.90 Å². The highest BCUT2D eigenvalue weighted by molar-refractivity contribution is 7.89. The zero-order valence-electron chi connectivity index (χ0n) is 12.0. The van der Waals surface area contributed by atoms with Gasteiger partial charge in [-0.2, -0.15) is 4.31 Å². The largest absolute Gasteiger partial charge is 0.398 e. The molecule has 0 aromatic heterocycles. The lowest BCUT2D eigenvalue weighted by Crippen LogP contribution is -2.30. The molecule has 1 aliphatic heterocycles. The molecule has 1 aliphatic rings. The Morgan fingerprint density at radius 2 is 1.89 bits per heavy atom. The summed E-state index contributed by atoms with van der Waals surface area (Å²) < 4.78 is 26.8. The quantitative estimate of drug-likeness (QED) is 0.847. The number of sulfonamides is 1. The monoisotopic (exact) mass is 282 g/mol. The van der Waals surface area contributed by atoms with Crippen molar-refractivity contribution in [1.82, 2.24) is 4.31 Å². The molecule has 4 nitrogen and oxygen atoms in total. The number of nitrogens with two attached hydrogens (primary N) is 1. The van der Waals surface area contributed by atoms with Gasteiger partial charge in [-0.3, -0.25) is 0 Å². The van der Waals surface area contributed by atoms with Gasteiger partial charge in [0.2, 0.25) is 10.0 Å². The predicted molar refractivity (Wildman–Crippen MR) is 77.5 cm³/mol. The van der Waals surface area contributed by atoms with Crippen LogP contribution in [0.15, 0.2) is 17.0 Å². The van der Waals surface area contributed by atoms with E-state index in [0.717, 1.165) is 17.5 Å². The standard InChI is InChI=1S/C14H22N2O2S/c1-10-7-12(8-13(15)11(10)2)19(17,18)16-6-5-14(3,4)9-16/h7-8H,5-6,9,15H2,1-4H3. The Hall–Kier alpha value is -1.07. The van der Waals surface area contributed by atoms with E-state index in [0.29, 0.717) is 23.7 Å². The normalized spacial score (nSPS) is 19.8. The summed E-state index contributed by atoms with van der Waals surface area (Å²) in [6, 6.07) is 3.29. The zero-order chi connectivity index (χ0) is 14.4. The molecule has 0 saturated carbocycles. The summed E-state index contributed by atoms with van der Waals surface area (Å²) in [5.41, 5.74) is 8.34. The van der Waals surface area contributed by atoms with Gasteiger partial charge in [0, 0.05) is 18.8 Å². The lowest BCUT2D eigenvalue weighted by molar-refractivity contribution is 0.375. The highest BCUT2D eigenvalue weighted by atomic mass is 32.2. The summed E-state index contributed by atoms with van der Waals surface area (Å²) in [4.78, 5) is 0.311. The van der Waals surface area contributed by atoms with Crippen molar-refractivity contribution in [2.75, 3.05) is 18.8 Å². The Labute approximate surface area is 115 Å². The average molecular weight is 282 g/mol. The summed E-state index contributed by atoms with van der Waals surface area (Å²) in [5.74, 6) is 0. The molecule has 0 amide bonds. The Morgan fingerprint density at radius 3 is 2.37 bits per heavy atom. The van der Waals surface area contributed by atoms with Gasteiger partial charge in [0.15, 0.2) is 0 Å². The molecule has 0 unspecified atom stereocenters. The van der Waals surface area contributed by atoms with Crippen LogP contribution < -0.4 is 5.73 Å². The molecule has 1 saturated heterocycles. The molecule has 2 rings (SSSR count). The number of nitrogen functional groups attached to an aromatic ring is 1. The second-order valence-electron chi connectivity index (χ2n) is 6.21. The van der Waals surface area contributed by atoms with Crippen molar-refractivity contribution in [1.29, 1.82) is 0 Å². The Morgan fingerprint density at radius 1 is 1.26 bits per heavy atom. The molecule has 1 fully saturated rings. The minimum Gasteiger partial charge on any atom is -0.398 e. The number of hydrogen-bond acceptors (Lipinski definition) is 3. The fourth-order valence-electron chi connectivity index (χ4n) is 2.42. The Bertz CT molecular complexity index is 583. The first-order chi connectivity index (χ1) is 8.63. The molecule has 0 atom stereocenters. The summed E-state index contributed by atoms with van der Waals surface area (Å²) in [5, 5.41) is 0. The Balaban J connectivity index is 2.41.